The quantitative estimate of drug-likeness (QED) is 0.673. The van der Waals surface area contributed by atoms with Gasteiger partial charge >= 0.3 is 6.01 Å². The second-order valence-electron chi connectivity index (χ2n) is 5.54. The van der Waals surface area contributed by atoms with Crippen molar-refractivity contribution in [2.24, 2.45) is 0 Å². The average molecular weight is 296 g/mol. The molecule has 0 saturated carbocycles. The lowest BCUT2D eigenvalue weighted by atomic mass is 10.3. The van der Waals surface area contributed by atoms with E-state index in [-0.39, 0.29) is 6.10 Å². The Balaban J connectivity index is 2.53. The molecule has 7 nitrogen and oxygen atoms in total. The van der Waals surface area contributed by atoms with E-state index >= 15 is 0 Å². The van der Waals surface area contributed by atoms with Gasteiger partial charge in [0.25, 0.3) is 0 Å². The molecule has 120 valence electrons. The standard InChI is InChI=1S/C14H28N6O/c1-10(2)20(6)9-7-8-16-13-17-12(15-5)18-14(19-13)21-11(3)4/h10-11H,7-9H2,1-6H3,(H2,15,16,17,18,19). The van der Waals surface area contributed by atoms with E-state index in [4.69, 9.17) is 4.74 Å². The van der Waals surface area contributed by atoms with Crippen LogP contribution in [0.5, 0.6) is 6.01 Å². The van der Waals surface area contributed by atoms with Crippen LogP contribution >= 0.6 is 0 Å². The molecule has 1 aromatic rings. The molecular formula is C14H28N6O. The molecule has 0 saturated heterocycles. The van der Waals surface area contributed by atoms with Crippen molar-refractivity contribution in [3.8, 4) is 6.01 Å². The maximum Gasteiger partial charge on any atom is 0.323 e. The number of anilines is 2. The van der Waals surface area contributed by atoms with Crippen LogP contribution < -0.4 is 15.4 Å². The van der Waals surface area contributed by atoms with Crippen molar-refractivity contribution in [3.05, 3.63) is 0 Å². The fourth-order valence-electron chi connectivity index (χ4n) is 1.60. The predicted octanol–water partition coefficient (Wildman–Crippen LogP) is 1.84. The summed E-state index contributed by atoms with van der Waals surface area (Å²) in [5.41, 5.74) is 0. The Morgan fingerprint density at radius 3 is 2.33 bits per heavy atom. The van der Waals surface area contributed by atoms with Gasteiger partial charge in [0.2, 0.25) is 11.9 Å². The summed E-state index contributed by atoms with van der Waals surface area (Å²) in [6.45, 7) is 10.1. The van der Waals surface area contributed by atoms with E-state index in [9.17, 15) is 0 Å². The van der Waals surface area contributed by atoms with Crippen LogP contribution in [0.15, 0.2) is 0 Å². The molecule has 1 aromatic heterocycles. The first-order valence-corrected chi connectivity index (χ1v) is 7.47. The third kappa shape index (κ3) is 6.57. The number of hydrogen-bond donors (Lipinski definition) is 2. The zero-order valence-corrected chi connectivity index (χ0v) is 14.0. The van der Waals surface area contributed by atoms with Crippen molar-refractivity contribution < 1.29 is 4.74 Å². The Hall–Kier alpha value is -1.63. The normalized spacial score (nSPS) is 11.3. The number of nitrogens with one attached hydrogen (secondary N) is 2. The third-order valence-corrected chi connectivity index (χ3v) is 3.03. The summed E-state index contributed by atoms with van der Waals surface area (Å²) in [5.74, 6) is 1.04. The van der Waals surface area contributed by atoms with Gasteiger partial charge in [0.1, 0.15) is 0 Å². The zero-order chi connectivity index (χ0) is 15.8. The fourth-order valence-corrected chi connectivity index (χ4v) is 1.60. The zero-order valence-electron chi connectivity index (χ0n) is 14.0. The molecule has 0 aromatic carbocycles. The first-order valence-electron chi connectivity index (χ1n) is 7.47. The lowest BCUT2D eigenvalue weighted by Gasteiger charge is -2.20. The number of aromatic nitrogens is 3. The molecule has 0 amide bonds. The molecule has 0 aliphatic carbocycles. The van der Waals surface area contributed by atoms with Crippen molar-refractivity contribution in [1.82, 2.24) is 19.9 Å². The van der Waals surface area contributed by atoms with Crippen molar-refractivity contribution >= 4 is 11.9 Å². The van der Waals surface area contributed by atoms with Crippen molar-refractivity contribution in [2.75, 3.05) is 37.8 Å². The number of nitrogens with zero attached hydrogens (tertiary/aromatic N) is 4. The Morgan fingerprint density at radius 1 is 1.10 bits per heavy atom. The largest absolute Gasteiger partial charge is 0.461 e. The van der Waals surface area contributed by atoms with Crippen molar-refractivity contribution in [1.29, 1.82) is 0 Å². The molecular weight excluding hydrogens is 268 g/mol. The number of rotatable bonds is 9. The topological polar surface area (TPSA) is 75.2 Å². The Morgan fingerprint density at radius 2 is 1.76 bits per heavy atom. The van der Waals surface area contributed by atoms with E-state index < -0.39 is 0 Å². The molecule has 0 aliphatic rings. The third-order valence-electron chi connectivity index (χ3n) is 3.03. The molecule has 7 heteroatoms. The Bertz CT molecular complexity index is 424. The highest BCUT2D eigenvalue weighted by molar-refractivity contribution is 5.35. The number of hydrogen-bond acceptors (Lipinski definition) is 7. The van der Waals surface area contributed by atoms with Gasteiger partial charge in [0, 0.05) is 19.6 Å². The van der Waals surface area contributed by atoms with Gasteiger partial charge in [-0.1, -0.05) is 0 Å². The first-order chi connectivity index (χ1) is 9.92. The van der Waals surface area contributed by atoms with Crippen LogP contribution in [0, 0.1) is 0 Å². The molecule has 0 spiro atoms. The summed E-state index contributed by atoms with van der Waals surface area (Å²) in [6.07, 6.45) is 1.06. The van der Waals surface area contributed by atoms with Crippen LogP contribution in [0.1, 0.15) is 34.1 Å². The molecule has 1 rings (SSSR count). The van der Waals surface area contributed by atoms with E-state index in [0.29, 0.717) is 23.9 Å². The van der Waals surface area contributed by atoms with Gasteiger partial charge in [-0.3, -0.25) is 0 Å². The highest BCUT2D eigenvalue weighted by Gasteiger charge is 2.08. The van der Waals surface area contributed by atoms with Gasteiger partial charge < -0.3 is 20.3 Å². The lowest BCUT2D eigenvalue weighted by Crippen LogP contribution is -2.28. The molecule has 2 N–H and O–H groups in total. The maximum atomic E-state index is 5.52. The molecule has 0 aliphatic heterocycles. The highest BCUT2D eigenvalue weighted by Crippen LogP contribution is 2.12. The Labute approximate surface area is 127 Å². The monoisotopic (exact) mass is 296 g/mol. The summed E-state index contributed by atoms with van der Waals surface area (Å²) in [6, 6.07) is 0.898. The van der Waals surface area contributed by atoms with E-state index in [1.54, 1.807) is 7.05 Å². The van der Waals surface area contributed by atoms with Gasteiger partial charge in [-0.15, -0.1) is 0 Å². The molecule has 0 bridgehead atoms. The lowest BCUT2D eigenvalue weighted by molar-refractivity contribution is 0.222. The minimum atomic E-state index is 0.0321. The highest BCUT2D eigenvalue weighted by atomic mass is 16.5. The predicted molar refractivity (Wildman–Crippen MR) is 86.0 cm³/mol. The Kier molecular flexibility index (Phi) is 7.14. The summed E-state index contributed by atoms with van der Waals surface area (Å²) in [4.78, 5) is 15.0. The second-order valence-corrected chi connectivity index (χ2v) is 5.54. The van der Waals surface area contributed by atoms with Crippen LogP contribution in [0.3, 0.4) is 0 Å². The van der Waals surface area contributed by atoms with Crippen LogP contribution in [0.2, 0.25) is 0 Å². The van der Waals surface area contributed by atoms with Crippen LogP contribution in [-0.4, -0.2) is 59.2 Å². The molecule has 1 heterocycles. The summed E-state index contributed by atoms with van der Waals surface area (Å²) < 4.78 is 5.52. The van der Waals surface area contributed by atoms with Crippen molar-refractivity contribution in [2.45, 2.75) is 46.3 Å². The van der Waals surface area contributed by atoms with Gasteiger partial charge in [0.15, 0.2) is 0 Å². The van der Waals surface area contributed by atoms with Gasteiger partial charge in [-0.25, -0.2) is 0 Å². The van der Waals surface area contributed by atoms with Crippen LogP contribution in [0.4, 0.5) is 11.9 Å². The SMILES string of the molecule is CNc1nc(NCCCN(C)C(C)C)nc(OC(C)C)n1. The molecule has 0 unspecified atom stereocenters. The van der Waals surface area contributed by atoms with E-state index in [1.165, 1.54) is 0 Å². The van der Waals surface area contributed by atoms with Crippen molar-refractivity contribution in [3.63, 3.8) is 0 Å². The number of ether oxygens (including phenoxy) is 1. The average Bonchev–Trinajstić information content (AvgIpc) is 2.42. The van der Waals surface area contributed by atoms with Crippen LogP contribution in [-0.2, 0) is 0 Å². The summed E-state index contributed by atoms with van der Waals surface area (Å²) >= 11 is 0. The summed E-state index contributed by atoms with van der Waals surface area (Å²) in [7, 11) is 3.90. The molecule has 0 fully saturated rings. The molecule has 0 radical (unpaired) electrons. The van der Waals surface area contributed by atoms with Gasteiger partial charge in [-0.2, -0.15) is 15.0 Å². The second kappa shape index (κ2) is 8.61. The van der Waals surface area contributed by atoms with E-state index in [0.717, 1.165) is 19.5 Å². The smallest absolute Gasteiger partial charge is 0.323 e. The fraction of sp³-hybridized carbons (Fsp3) is 0.786. The molecule has 0 atom stereocenters. The van der Waals surface area contributed by atoms with E-state index in [1.807, 2.05) is 13.8 Å². The van der Waals surface area contributed by atoms with Crippen LogP contribution in [0.25, 0.3) is 0 Å². The summed E-state index contributed by atoms with van der Waals surface area (Å²) in [5, 5.41) is 6.13. The molecule has 21 heavy (non-hydrogen) atoms. The first kappa shape index (κ1) is 17.4. The minimum absolute atomic E-state index is 0.0321. The van der Waals surface area contributed by atoms with E-state index in [2.05, 4.69) is 51.4 Å². The van der Waals surface area contributed by atoms with Gasteiger partial charge in [-0.05, 0) is 47.7 Å². The maximum absolute atomic E-state index is 5.52. The minimum Gasteiger partial charge on any atom is -0.461 e. The van der Waals surface area contributed by atoms with Gasteiger partial charge in [0.05, 0.1) is 6.10 Å².